The number of nitrogens with zero attached hydrogens (tertiary/aromatic N) is 1. The van der Waals surface area contributed by atoms with E-state index in [-0.39, 0.29) is 6.61 Å². The lowest BCUT2D eigenvalue weighted by atomic mass is 9.99. The van der Waals surface area contributed by atoms with Gasteiger partial charge in [0.15, 0.2) is 0 Å². The number of aliphatic hydroxyl groups excluding tert-OH is 1. The van der Waals surface area contributed by atoms with Gasteiger partial charge >= 0.3 is 0 Å². The maximum Gasteiger partial charge on any atom is 0.100 e. The van der Waals surface area contributed by atoms with Crippen molar-refractivity contribution in [3.05, 3.63) is 0 Å². The summed E-state index contributed by atoms with van der Waals surface area (Å²) in [6.07, 6.45) is 5.82. The molecule has 16 heavy (non-hydrogen) atoms. The predicted octanol–water partition coefficient (Wildman–Crippen LogP) is 3.00. The van der Waals surface area contributed by atoms with Gasteiger partial charge in [-0.05, 0) is 32.4 Å². The molecule has 1 fully saturated rings. The van der Waals surface area contributed by atoms with E-state index in [2.05, 4.69) is 18.7 Å². The molecular formula is C13H28FNO. The topological polar surface area (TPSA) is 23.5 Å². The van der Waals surface area contributed by atoms with Crippen molar-refractivity contribution in [1.82, 2.24) is 4.90 Å². The molecule has 1 aliphatic rings. The van der Waals surface area contributed by atoms with Gasteiger partial charge in [-0.1, -0.05) is 33.1 Å². The summed E-state index contributed by atoms with van der Waals surface area (Å²) in [5.74, 6) is 0. The molecule has 1 aliphatic carbocycles. The van der Waals surface area contributed by atoms with Gasteiger partial charge in [0.25, 0.3) is 0 Å². The van der Waals surface area contributed by atoms with Crippen molar-refractivity contribution < 1.29 is 9.50 Å². The molecular weight excluding hydrogens is 205 g/mol. The van der Waals surface area contributed by atoms with Gasteiger partial charge in [0.2, 0.25) is 0 Å². The molecule has 0 aromatic heterocycles. The third kappa shape index (κ3) is 9.10. The minimum Gasteiger partial charge on any atom is -0.395 e. The van der Waals surface area contributed by atoms with Crippen LogP contribution < -0.4 is 0 Å². The number of hydrogen-bond donors (Lipinski definition) is 1. The van der Waals surface area contributed by atoms with E-state index in [1.54, 1.807) is 0 Å². The molecule has 2 nitrogen and oxygen atoms in total. The number of alkyl halides is 1. The van der Waals surface area contributed by atoms with Crippen LogP contribution in [0.15, 0.2) is 0 Å². The lowest BCUT2D eigenvalue weighted by Crippen LogP contribution is -2.27. The second-order valence-corrected chi connectivity index (χ2v) is 4.39. The fourth-order valence-electron chi connectivity index (χ4n) is 1.94. The van der Waals surface area contributed by atoms with Crippen LogP contribution in [-0.2, 0) is 0 Å². The molecule has 0 saturated heterocycles. The highest BCUT2D eigenvalue weighted by Crippen LogP contribution is 2.19. The van der Waals surface area contributed by atoms with Crippen molar-refractivity contribution in [2.24, 2.45) is 0 Å². The Kier molecular flexibility index (Phi) is 11.2. The average molecular weight is 233 g/mol. The van der Waals surface area contributed by atoms with Crippen LogP contribution in [0.4, 0.5) is 4.39 Å². The van der Waals surface area contributed by atoms with E-state index < -0.39 is 6.17 Å². The zero-order valence-electron chi connectivity index (χ0n) is 10.9. The van der Waals surface area contributed by atoms with Gasteiger partial charge in [0.05, 0.1) is 6.61 Å². The van der Waals surface area contributed by atoms with Gasteiger partial charge in [-0.15, -0.1) is 0 Å². The summed E-state index contributed by atoms with van der Waals surface area (Å²) in [7, 11) is 0. The fraction of sp³-hybridized carbons (Fsp3) is 1.00. The van der Waals surface area contributed by atoms with Crippen molar-refractivity contribution in [2.75, 3.05) is 26.2 Å². The van der Waals surface area contributed by atoms with E-state index in [1.807, 2.05) is 0 Å². The molecule has 0 bridgehead atoms. The molecule has 1 rings (SSSR count). The van der Waals surface area contributed by atoms with Gasteiger partial charge in [-0.2, -0.15) is 0 Å². The zero-order chi connectivity index (χ0) is 12.2. The van der Waals surface area contributed by atoms with Gasteiger partial charge in [0.1, 0.15) is 6.17 Å². The summed E-state index contributed by atoms with van der Waals surface area (Å²) < 4.78 is 12.2. The average Bonchev–Trinajstić information content (AvgIpc) is 2.30. The van der Waals surface area contributed by atoms with Crippen LogP contribution in [0.25, 0.3) is 0 Å². The molecule has 0 radical (unpaired) electrons. The second kappa shape index (κ2) is 11.3. The van der Waals surface area contributed by atoms with Crippen LogP contribution >= 0.6 is 0 Å². The van der Waals surface area contributed by atoms with Gasteiger partial charge < -0.3 is 10.0 Å². The molecule has 0 aromatic rings. The smallest absolute Gasteiger partial charge is 0.100 e. The molecule has 0 aliphatic heterocycles. The predicted molar refractivity (Wildman–Crippen MR) is 67.5 cm³/mol. The first-order chi connectivity index (χ1) is 7.74. The summed E-state index contributed by atoms with van der Waals surface area (Å²) in [6, 6.07) is 0. The normalized spacial score (nSPS) is 17.1. The van der Waals surface area contributed by atoms with Gasteiger partial charge in [-0.3, -0.25) is 0 Å². The summed E-state index contributed by atoms with van der Waals surface area (Å²) in [6.45, 7) is 7.54. The highest BCUT2D eigenvalue weighted by atomic mass is 19.1. The minimum atomic E-state index is -0.464. The van der Waals surface area contributed by atoms with Crippen LogP contribution in [0.1, 0.15) is 52.4 Å². The van der Waals surface area contributed by atoms with Gasteiger partial charge in [-0.25, -0.2) is 4.39 Å². The number of halogens is 1. The van der Waals surface area contributed by atoms with E-state index in [4.69, 9.17) is 5.11 Å². The monoisotopic (exact) mass is 233 g/mol. The third-order valence-electron chi connectivity index (χ3n) is 2.94. The SMILES string of the molecule is CCCN(CC)CCO.FC1CCCCC1. The molecule has 0 amide bonds. The molecule has 3 heteroatoms. The van der Waals surface area contributed by atoms with Gasteiger partial charge in [0, 0.05) is 6.54 Å². The maximum absolute atomic E-state index is 12.2. The van der Waals surface area contributed by atoms with Crippen LogP contribution in [0.5, 0.6) is 0 Å². The Labute approximate surface area is 99.8 Å². The van der Waals surface area contributed by atoms with Crippen LogP contribution in [0.3, 0.4) is 0 Å². The van der Waals surface area contributed by atoms with Crippen LogP contribution in [0, 0.1) is 0 Å². The number of likely N-dealkylation sites (N-methyl/N-ethyl adjacent to an activating group) is 1. The zero-order valence-corrected chi connectivity index (χ0v) is 10.9. The van der Waals surface area contributed by atoms with E-state index >= 15 is 0 Å². The third-order valence-corrected chi connectivity index (χ3v) is 2.94. The lowest BCUT2D eigenvalue weighted by molar-refractivity contribution is 0.202. The van der Waals surface area contributed by atoms with E-state index in [0.29, 0.717) is 0 Å². The Morgan fingerprint density at radius 1 is 1.12 bits per heavy atom. The molecule has 1 N–H and O–H groups in total. The van der Waals surface area contributed by atoms with Crippen LogP contribution in [0.2, 0.25) is 0 Å². The Morgan fingerprint density at radius 3 is 2.06 bits per heavy atom. The van der Waals surface area contributed by atoms with Crippen molar-refractivity contribution in [3.8, 4) is 0 Å². The van der Waals surface area contributed by atoms with Crippen molar-refractivity contribution in [2.45, 2.75) is 58.5 Å². The molecule has 0 heterocycles. The van der Waals surface area contributed by atoms with E-state index in [0.717, 1.165) is 45.3 Å². The molecule has 0 aromatic carbocycles. The fourth-order valence-corrected chi connectivity index (χ4v) is 1.94. The molecule has 0 unspecified atom stereocenters. The Balaban J connectivity index is 0.000000288. The highest BCUT2D eigenvalue weighted by molar-refractivity contribution is 4.62. The first-order valence-electron chi connectivity index (χ1n) is 6.71. The minimum absolute atomic E-state index is 0.286. The quantitative estimate of drug-likeness (QED) is 0.789. The Hall–Kier alpha value is -0.150. The summed E-state index contributed by atoms with van der Waals surface area (Å²) in [4.78, 5) is 2.24. The van der Waals surface area contributed by atoms with Crippen molar-refractivity contribution in [3.63, 3.8) is 0 Å². The summed E-state index contributed by atoms with van der Waals surface area (Å²) >= 11 is 0. The molecule has 1 saturated carbocycles. The Bertz CT molecular complexity index is 132. The van der Waals surface area contributed by atoms with Crippen molar-refractivity contribution in [1.29, 1.82) is 0 Å². The highest BCUT2D eigenvalue weighted by Gasteiger charge is 2.09. The van der Waals surface area contributed by atoms with E-state index in [1.165, 1.54) is 12.8 Å². The number of aliphatic hydroxyl groups is 1. The van der Waals surface area contributed by atoms with E-state index in [9.17, 15) is 4.39 Å². The Morgan fingerprint density at radius 2 is 1.75 bits per heavy atom. The van der Waals surface area contributed by atoms with Crippen molar-refractivity contribution >= 4 is 0 Å². The molecule has 0 spiro atoms. The second-order valence-electron chi connectivity index (χ2n) is 4.39. The number of rotatable bonds is 5. The molecule has 0 atom stereocenters. The standard InChI is InChI=1S/C7H17NO.C6H11F/c1-3-5-8(4-2)6-7-9;7-6-4-2-1-3-5-6/h9H,3-7H2,1-2H3;6H,1-5H2. The first-order valence-corrected chi connectivity index (χ1v) is 6.71. The summed E-state index contributed by atoms with van der Waals surface area (Å²) in [5, 5.41) is 8.55. The number of hydrogen-bond acceptors (Lipinski definition) is 2. The summed E-state index contributed by atoms with van der Waals surface area (Å²) in [5.41, 5.74) is 0. The molecule has 98 valence electrons. The maximum atomic E-state index is 12.2. The first kappa shape index (κ1) is 15.9. The lowest BCUT2D eigenvalue weighted by Gasteiger charge is -2.17. The largest absolute Gasteiger partial charge is 0.395 e. The van der Waals surface area contributed by atoms with Crippen LogP contribution in [-0.4, -0.2) is 42.4 Å².